The molecule has 0 amide bonds. The average Bonchev–Trinajstić information content (AvgIpc) is 2.67. The first-order valence-corrected chi connectivity index (χ1v) is 9.70. The van der Waals surface area contributed by atoms with Gasteiger partial charge in [-0.2, -0.15) is 5.26 Å². The van der Waals surface area contributed by atoms with Gasteiger partial charge in [-0.1, -0.05) is 42.5 Å². The fourth-order valence-corrected chi connectivity index (χ4v) is 4.03. The fraction of sp³-hybridized carbons (Fsp3) is 0.231. The lowest BCUT2D eigenvalue weighted by Gasteiger charge is -2.16. The zero-order valence-corrected chi connectivity index (χ0v) is 17.0. The van der Waals surface area contributed by atoms with Crippen LogP contribution in [0.5, 0.6) is 0 Å². The van der Waals surface area contributed by atoms with Gasteiger partial charge < -0.3 is 0 Å². The van der Waals surface area contributed by atoms with Crippen LogP contribution in [-0.4, -0.2) is 0 Å². The molecule has 0 aliphatic carbocycles. The molecule has 0 fully saturated rings. The Bertz CT molecular complexity index is 1240. The first-order chi connectivity index (χ1) is 13.4. The van der Waals surface area contributed by atoms with Gasteiger partial charge in [0.1, 0.15) is 7.05 Å². The molecule has 2 heteroatoms. The molecular weight excluding hydrogens is 340 g/mol. The lowest BCUT2D eigenvalue weighted by atomic mass is 9.86. The number of aromatic nitrogens is 1. The second-order valence-corrected chi connectivity index (χ2v) is 8.38. The summed E-state index contributed by atoms with van der Waals surface area (Å²) in [5, 5.41) is 14.3. The highest BCUT2D eigenvalue weighted by Gasteiger charge is 2.20. The third-order valence-corrected chi connectivity index (χ3v) is 5.50. The van der Waals surface area contributed by atoms with Crippen LogP contribution < -0.4 is 4.57 Å². The Kier molecular flexibility index (Phi) is 4.40. The number of hydrogen-bond acceptors (Lipinski definition) is 1. The van der Waals surface area contributed by atoms with E-state index in [1.807, 2.05) is 13.8 Å². The maximum atomic E-state index is 9.36. The van der Waals surface area contributed by atoms with Crippen LogP contribution in [0.4, 0.5) is 0 Å². The predicted octanol–water partition coefficient (Wildman–Crippen LogP) is 5.89. The van der Waals surface area contributed by atoms with Gasteiger partial charge in [0.25, 0.3) is 0 Å². The lowest BCUT2D eigenvalue weighted by molar-refractivity contribution is -0.659. The van der Waals surface area contributed by atoms with Crippen molar-refractivity contribution in [1.82, 2.24) is 0 Å². The van der Waals surface area contributed by atoms with E-state index in [0.717, 1.165) is 6.42 Å². The minimum absolute atomic E-state index is 0.356. The van der Waals surface area contributed by atoms with Gasteiger partial charge in [0.15, 0.2) is 6.20 Å². The van der Waals surface area contributed by atoms with E-state index in [0.29, 0.717) is 0 Å². The molecule has 3 aromatic carbocycles. The van der Waals surface area contributed by atoms with Gasteiger partial charge in [-0.25, -0.2) is 4.57 Å². The largest absolute Gasteiger partial charge is 0.220 e. The molecule has 0 radical (unpaired) electrons. The first kappa shape index (κ1) is 18.2. The van der Waals surface area contributed by atoms with Crippen LogP contribution in [0.15, 0.2) is 66.9 Å². The Balaban J connectivity index is 1.91. The molecule has 4 rings (SSSR count). The average molecular weight is 366 g/mol. The summed E-state index contributed by atoms with van der Waals surface area (Å²) in [5.74, 6) is 0. The van der Waals surface area contributed by atoms with Crippen molar-refractivity contribution in [2.24, 2.45) is 12.5 Å². The maximum absolute atomic E-state index is 9.36. The van der Waals surface area contributed by atoms with Crippen LogP contribution in [0, 0.1) is 23.7 Å². The maximum Gasteiger partial charge on any atom is 0.220 e. The van der Waals surface area contributed by atoms with E-state index in [2.05, 4.69) is 91.5 Å². The molecule has 0 N–H and O–H groups in total. The number of hydrogen-bond donors (Lipinski definition) is 0. The SMILES string of the molecule is Cc1cc2ccccc2cc1-c1c2ccc(CC(C)(C)C#N)cc2cc[n+]1C. The summed E-state index contributed by atoms with van der Waals surface area (Å²) in [5.41, 5.74) is 4.61. The molecule has 0 aliphatic rings. The van der Waals surface area contributed by atoms with E-state index in [-0.39, 0.29) is 5.41 Å². The molecule has 0 unspecified atom stereocenters. The van der Waals surface area contributed by atoms with Crippen LogP contribution in [0.3, 0.4) is 0 Å². The summed E-state index contributed by atoms with van der Waals surface area (Å²) in [6.45, 7) is 6.17. The molecule has 2 nitrogen and oxygen atoms in total. The monoisotopic (exact) mass is 365 g/mol. The summed E-state index contributed by atoms with van der Waals surface area (Å²) >= 11 is 0. The van der Waals surface area contributed by atoms with Crippen molar-refractivity contribution >= 4 is 21.5 Å². The van der Waals surface area contributed by atoms with Crippen LogP contribution >= 0.6 is 0 Å². The number of aryl methyl sites for hydroxylation is 2. The van der Waals surface area contributed by atoms with Gasteiger partial charge in [-0.3, -0.25) is 0 Å². The normalized spacial score (nSPS) is 11.7. The molecule has 0 aliphatic heterocycles. The molecular formula is C26H25N2+. The molecule has 4 aromatic rings. The Morgan fingerprint density at radius 3 is 2.36 bits per heavy atom. The second-order valence-electron chi connectivity index (χ2n) is 8.38. The number of rotatable bonds is 3. The van der Waals surface area contributed by atoms with E-state index in [4.69, 9.17) is 0 Å². The van der Waals surface area contributed by atoms with Gasteiger partial charge in [0.2, 0.25) is 5.69 Å². The summed E-state index contributed by atoms with van der Waals surface area (Å²) in [6.07, 6.45) is 2.89. The Morgan fingerprint density at radius 2 is 1.64 bits per heavy atom. The van der Waals surface area contributed by atoms with Gasteiger partial charge >= 0.3 is 0 Å². The topological polar surface area (TPSA) is 27.7 Å². The highest BCUT2D eigenvalue weighted by molar-refractivity contribution is 5.97. The summed E-state index contributed by atoms with van der Waals surface area (Å²) in [7, 11) is 2.11. The van der Waals surface area contributed by atoms with Crippen molar-refractivity contribution in [3.8, 4) is 17.3 Å². The van der Waals surface area contributed by atoms with E-state index in [1.165, 1.54) is 43.9 Å². The Morgan fingerprint density at radius 1 is 0.929 bits per heavy atom. The summed E-state index contributed by atoms with van der Waals surface area (Å²) < 4.78 is 2.21. The van der Waals surface area contributed by atoms with Crippen LogP contribution in [0.25, 0.3) is 32.8 Å². The molecule has 1 heterocycles. The van der Waals surface area contributed by atoms with Crippen molar-refractivity contribution in [3.05, 3.63) is 78.0 Å². The molecule has 0 spiro atoms. The standard InChI is InChI=1S/C26H25N2/c1-18-13-20-7-5-6-8-21(20)15-24(18)25-23-10-9-19(16-26(2,3)17-27)14-22(23)11-12-28(25)4/h5-15H,16H2,1-4H3/q+1. The van der Waals surface area contributed by atoms with E-state index >= 15 is 0 Å². The van der Waals surface area contributed by atoms with Crippen molar-refractivity contribution < 1.29 is 4.57 Å². The van der Waals surface area contributed by atoms with Crippen LogP contribution in [-0.2, 0) is 13.5 Å². The van der Waals surface area contributed by atoms with Crippen molar-refractivity contribution in [2.75, 3.05) is 0 Å². The first-order valence-electron chi connectivity index (χ1n) is 9.70. The molecule has 0 atom stereocenters. The minimum Gasteiger partial charge on any atom is -0.200 e. The highest BCUT2D eigenvalue weighted by Crippen LogP contribution is 2.32. The Labute approximate surface area is 166 Å². The van der Waals surface area contributed by atoms with Crippen molar-refractivity contribution in [1.29, 1.82) is 5.26 Å². The van der Waals surface area contributed by atoms with Gasteiger partial charge in [-0.05, 0) is 66.6 Å². The third-order valence-electron chi connectivity index (χ3n) is 5.50. The van der Waals surface area contributed by atoms with Crippen molar-refractivity contribution in [2.45, 2.75) is 27.2 Å². The lowest BCUT2D eigenvalue weighted by Crippen LogP contribution is -2.30. The zero-order valence-electron chi connectivity index (χ0n) is 17.0. The summed E-state index contributed by atoms with van der Waals surface area (Å²) in [4.78, 5) is 0. The third kappa shape index (κ3) is 3.25. The Hall–Kier alpha value is -3.18. The van der Waals surface area contributed by atoms with Crippen LogP contribution in [0.2, 0.25) is 0 Å². The number of nitrogens with zero attached hydrogens (tertiary/aromatic N) is 2. The quantitative estimate of drug-likeness (QED) is 0.416. The minimum atomic E-state index is -0.356. The molecule has 28 heavy (non-hydrogen) atoms. The zero-order chi connectivity index (χ0) is 19.9. The van der Waals surface area contributed by atoms with E-state index < -0.39 is 0 Å². The van der Waals surface area contributed by atoms with Gasteiger partial charge in [0, 0.05) is 6.07 Å². The number of nitriles is 1. The highest BCUT2D eigenvalue weighted by atomic mass is 14.9. The van der Waals surface area contributed by atoms with Gasteiger partial charge in [0.05, 0.1) is 22.4 Å². The molecule has 1 aromatic heterocycles. The molecule has 0 saturated heterocycles. The van der Waals surface area contributed by atoms with E-state index in [1.54, 1.807) is 0 Å². The second kappa shape index (κ2) is 6.77. The van der Waals surface area contributed by atoms with Crippen molar-refractivity contribution in [3.63, 3.8) is 0 Å². The smallest absolute Gasteiger partial charge is 0.200 e. The molecule has 0 bridgehead atoms. The van der Waals surface area contributed by atoms with E-state index in [9.17, 15) is 5.26 Å². The predicted molar refractivity (Wildman–Crippen MR) is 116 cm³/mol. The number of fused-ring (bicyclic) bond motifs is 2. The summed E-state index contributed by atoms with van der Waals surface area (Å²) in [6, 6.07) is 24.3. The molecule has 0 saturated carbocycles. The van der Waals surface area contributed by atoms with Gasteiger partial charge in [-0.15, -0.1) is 0 Å². The number of benzene rings is 3. The number of pyridine rings is 1. The molecule has 138 valence electrons. The van der Waals surface area contributed by atoms with Crippen LogP contribution in [0.1, 0.15) is 25.0 Å². The fourth-order valence-electron chi connectivity index (χ4n) is 4.03.